The molecule has 7 heteroatoms. The summed E-state index contributed by atoms with van der Waals surface area (Å²) in [7, 11) is -3.98. The van der Waals surface area contributed by atoms with E-state index in [0.29, 0.717) is 17.5 Å². The Labute approximate surface area is 124 Å². The molecule has 0 aliphatic heterocycles. The second-order valence-electron chi connectivity index (χ2n) is 5.08. The third-order valence-corrected chi connectivity index (χ3v) is 4.93. The Bertz CT molecular complexity index is 691. The number of rotatable bonds is 6. The number of carbonyl (C=O) groups is 1. The van der Waals surface area contributed by atoms with Gasteiger partial charge in [0.05, 0.1) is 16.5 Å². The van der Waals surface area contributed by atoms with Gasteiger partial charge in [-0.3, -0.25) is 4.79 Å². The molecule has 114 valence electrons. The average Bonchev–Trinajstić information content (AvgIpc) is 2.37. The van der Waals surface area contributed by atoms with Crippen LogP contribution >= 0.6 is 0 Å². The number of hydrogen-bond donors (Lipinski definition) is 2. The Morgan fingerprint density at radius 1 is 1.48 bits per heavy atom. The normalized spacial score (nSPS) is 14.2. The standard InChI is InChI=1S/C14H18N2O4S/c1-4-7-14(3,13(17)18)16-21(19,20)12-6-5-11(9-15)8-10(12)2/h5-6,8,16H,4,7H2,1-3H3,(H,17,18). The van der Waals surface area contributed by atoms with E-state index in [0.717, 1.165) is 0 Å². The molecule has 0 heterocycles. The van der Waals surface area contributed by atoms with Crippen molar-refractivity contribution in [2.75, 3.05) is 0 Å². The number of nitrogens with one attached hydrogen (secondary N) is 1. The third-order valence-electron chi connectivity index (χ3n) is 3.18. The molecule has 6 nitrogen and oxygen atoms in total. The molecule has 1 rings (SSSR count). The number of carboxylic acid groups (broad SMARTS) is 1. The maximum Gasteiger partial charge on any atom is 0.324 e. The summed E-state index contributed by atoms with van der Waals surface area (Å²) in [6.45, 7) is 4.69. The van der Waals surface area contributed by atoms with Crippen molar-refractivity contribution in [3.05, 3.63) is 29.3 Å². The van der Waals surface area contributed by atoms with E-state index in [9.17, 15) is 18.3 Å². The van der Waals surface area contributed by atoms with Crippen LogP contribution in [0.1, 0.15) is 37.8 Å². The lowest BCUT2D eigenvalue weighted by Gasteiger charge is -2.25. The van der Waals surface area contributed by atoms with Crippen molar-refractivity contribution in [2.24, 2.45) is 0 Å². The van der Waals surface area contributed by atoms with Gasteiger partial charge >= 0.3 is 5.97 Å². The molecule has 1 atom stereocenters. The first kappa shape index (κ1) is 17.1. The van der Waals surface area contributed by atoms with E-state index in [4.69, 9.17) is 5.26 Å². The molecule has 0 amide bonds. The van der Waals surface area contributed by atoms with E-state index >= 15 is 0 Å². The van der Waals surface area contributed by atoms with Crippen molar-refractivity contribution in [3.63, 3.8) is 0 Å². The van der Waals surface area contributed by atoms with Gasteiger partial charge in [-0.05, 0) is 44.0 Å². The molecule has 0 saturated carbocycles. The molecular formula is C14H18N2O4S. The van der Waals surface area contributed by atoms with Crippen LogP contribution in [0.3, 0.4) is 0 Å². The summed E-state index contributed by atoms with van der Waals surface area (Å²) >= 11 is 0. The summed E-state index contributed by atoms with van der Waals surface area (Å²) in [5.74, 6) is -1.22. The molecule has 1 aromatic carbocycles. The highest BCUT2D eigenvalue weighted by Crippen LogP contribution is 2.21. The molecular weight excluding hydrogens is 292 g/mol. The van der Waals surface area contributed by atoms with E-state index < -0.39 is 21.5 Å². The van der Waals surface area contributed by atoms with Gasteiger partial charge in [0.25, 0.3) is 0 Å². The lowest BCUT2D eigenvalue weighted by Crippen LogP contribution is -2.52. The van der Waals surface area contributed by atoms with Crippen LogP contribution in [-0.4, -0.2) is 25.0 Å². The SMILES string of the molecule is CCCC(C)(NS(=O)(=O)c1ccc(C#N)cc1C)C(=O)O. The van der Waals surface area contributed by atoms with Crippen LogP contribution in [0.2, 0.25) is 0 Å². The highest BCUT2D eigenvalue weighted by molar-refractivity contribution is 7.89. The molecule has 0 aliphatic rings. The summed E-state index contributed by atoms with van der Waals surface area (Å²) in [6, 6.07) is 6.07. The monoisotopic (exact) mass is 310 g/mol. The average molecular weight is 310 g/mol. The number of hydrogen-bond acceptors (Lipinski definition) is 4. The molecule has 0 aliphatic carbocycles. The van der Waals surface area contributed by atoms with Crippen LogP contribution in [0, 0.1) is 18.3 Å². The van der Waals surface area contributed by atoms with Gasteiger partial charge in [-0.15, -0.1) is 0 Å². The summed E-state index contributed by atoms with van der Waals surface area (Å²) in [4.78, 5) is 11.3. The van der Waals surface area contributed by atoms with Crippen LogP contribution in [0.4, 0.5) is 0 Å². The molecule has 0 radical (unpaired) electrons. The third kappa shape index (κ3) is 3.80. The zero-order chi connectivity index (χ0) is 16.3. The van der Waals surface area contributed by atoms with E-state index in [1.54, 1.807) is 13.8 Å². The molecule has 0 spiro atoms. The minimum Gasteiger partial charge on any atom is -0.480 e. The fraction of sp³-hybridized carbons (Fsp3) is 0.429. The lowest BCUT2D eigenvalue weighted by molar-refractivity contribution is -0.143. The number of aliphatic carboxylic acids is 1. The molecule has 1 unspecified atom stereocenters. The van der Waals surface area contributed by atoms with Crippen molar-refractivity contribution in [1.82, 2.24) is 4.72 Å². The second kappa shape index (κ2) is 6.24. The van der Waals surface area contributed by atoms with Crippen molar-refractivity contribution in [1.29, 1.82) is 5.26 Å². The van der Waals surface area contributed by atoms with Crippen LogP contribution in [0.5, 0.6) is 0 Å². The largest absolute Gasteiger partial charge is 0.480 e. The van der Waals surface area contributed by atoms with Gasteiger partial charge in [0.1, 0.15) is 5.54 Å². The van der Waals surface area contributed by atoms with Gasteiger partial charge in [0.15, 0.2) is 0 Å². The Kier molecular flexibility index (Phi) is 5.10. The predicted octanol–water partition coefficient (Wildman–Crippen LogP) is 1.79. The van der Waals surface area contributed by atoms with Crippen molar-refractivity contribution in [2.45, 2.75) is 44.0 Å². The predicted molar refractivity (Wildman–Crippen MR) is 77.2 cm³/mol. The van der Waals surface area contributed by atoms with E-state index in [1.165, 1.54) is 25.1 Å². The molecule has 0 saturated heterocycles. The smallest absolute Gasteiger partial charge is 0.324 e. The Morgan fingerprint density at radius 3 is 2.52 bits per heavy atom. The molecule has 0 aromatic heterocycles. The quantitative estimate of drug-likeness (QED) is 0.833. The summed E-state index contributed by atoms with van der Waals surface area (Å²) in [6.07, 6.45) is 0.703. The van der Waals surface area contributed by atoms with Crippen molar-refractivity contribution in [3.8, 4) is 6.07 Å². The van der Waals surface area contributed by atoms with E-state index in [1.807, 2.05) is 6.07 Å². The fourth-order valence-corrected chi connectivity index (χ4v) is 3.70. The highest BCUT2D eigenvalue weighted by atomic mass is 32.2. The lowest BCUT2D eigenvalue weighted by atomic mass is 9.98. The number of nitriles is 1. The Morgan fingerprint density at radius 2 is 2.10 bits per heavy atom. The minimum atomic E-state index is -3.98. The maximum atomic E-state index is 12.4. The number of nitrogens with zero attached hydrogens (tertiary/aromatic N) is 1. The molecule has 0 bridgehead atoms. The number of sulfonamides is 1. The molecule has 2 N–H and O–H groups in total. The van der Waals surface area contributed by atoms with Gasteiger partial charge in [-0.25, -0.2) is 8.42 Å². The van der Waals surface area contributed by atoms with E-state index in [-0.39, 0.29) is 11.3 Å². The molecule has 0 fully saturated rings. The summed E-state index contributed by atoms with van der Waals surface area (Å²) in [5.41, 5.74) is -0.819. The topological polar surface area (TPSA) is 107 Å². The Balaban J connectivity index is 3.23. The molecule has 1 aromatic rings. The van der Waals surface area contributed by atoms with Crippen molar-refractivity contribution >= 4 is 16.0 Å². The van der Waals surface area contributed by atoms with Crippen LogP contribution in [0.15, 0.2) is 23.1 Å². The van der Waals surface area contributed by atoms with Gasteiger partial charge in [0, 0.05) is 0 Å². The second-order valence-corrected chi connectivity index (χ2v) is 6.74. The number of benzene rings is 1. The first-order valence-corrected chi connectivity index (χ1v) is 7.92. The fourth-order valence-electron chi connectivity index (χ4n) is 2.07. The summed E-state index contributed by atoms with van der Waals surface area (Å²) in [5, 5.41) is 18.0. The first-order valence-electron chi connectivity index (χ1n) is 6.44. The van der Waals surface area contributed by atoms with Crippen LogP contribution in [-0.2, 0) is 14.8 Å². The van der Waals surface area contributed by atoms with Crippen molar-refractivity contribution < 1.29 is 18.3 Å². The van der Waals surface area contributed by atoms with Crippen LogP contribution < -0.4 is 4.72 Å². The highest BCUT2D eigenvalue weighted by Gasteiger charge is 2.37. The molecule has 21 heavy (non-hydrogen) atoms. The summed E-state index contributed by atoms with van der Waals surface area (Å²) < 4.78 is 27.0. The maximum absolute atomic E-state index is 12.4. The number of carboxylic acids is 1. The number of aryl methyl sites for hydroxylation is 1. The minimum absolute atomic E-state index is 0.0231. The van der Waals surface area contributed by atoms with Gasteiger partial charge in [0.2, 0.25) is 10.0 Å². The Hall–Kier alpha value is -1.91. The first-order chi connectivity index (χ1) is 9.66. The van der Waals surface area contributed by atoms with Gasteiger partial charge < -0.3 is 5.11 Å². The van der Waals surface area contributed by atoms with Crippen LogP contribution in [0.25, 0.3) is 0 Å². The van der Waals surface area contributed by atoms with Gasteiger partial charge in [-0.1, -0.05) is 13.3 Å². The zero-order valence-corrected chi connectivity index (χ0v) is 13.0. The van der Waals surface area contributed by atoms with E-state index in [2.05, 4.69) is 4.72 Å². The zero-order valence-electron chi connectivity index (χ0n) is 12.2. The van der Waals surface area contributed by atoms with Gasteiger partial charge in [-0.2, -0.15) is 9.98 Å².